The number of hydrogen-bond acceptors (Lipinski definition) is 4. The maximum atomic E-state index is 12.6. The normalized spacial score (nSPS) is 11.1. The Morgan fingerprint density at radius 3 is 2.38 bits per heavy atom. The van der Waals surface area contributed by atoms with Gasteiger partial charge in [0.15, 0.2) is 5.69 Å². The molecule has 1 aromatic heterocycles. The summed E-state index contributed by atoms with van der Waals surface area (Å²) in [6.45, 7) is 11.7. The van der Waals surface area contributed by atoms with Crippen LogP contribution in [0.4, 0.5) is 0 Å². The van der Waals surface area contributed by atoms with Gasteiger partial charge >= 0.3 is 0 Å². The van der Waals surface area contributed by atoms with Crippen molar-refractivity contribution in [3.8, 4) is 5.69 Å². The zero-order valence-corrected chi connectivity index (χ0v) is 17.6. The molecule has 29 heavy (non-hydrogen) atoms. The van der Waals surface area contributed by atoms with Gasteiger partial charge in [0, 0.05) is 13.1 Å². The number of carbonyl (C=O) groups is 1. The summed E-state index contributed by atoms with van der Waals surface area (Å²) in [6, 6.07) is 16.3. The Hall–Kier alpha value is -2.99. The predicted molar refractivity (Wildman–Crippen MR) is 115 cm³/mol. The monoisotopic (exact) mass is 391 g/mol. The van der Waals surface area contributed by atoms with E-state index in [9.17, 15) is 4.79 Å². The Labute approximate surface area is 172 Å². The molecule has 0 aliphatic carbocycles. The Morgan fingerprint density at radius 2 is 1.72 bits per heavy atom. The highest BCUT2D eigenvalue weighted by Crippen LogP contribution is 2.14. The van der Waals surface area contributed by atoms with E-state index >= 15 is 0 Å². The average Bonchev–Trinajstić information content (AvgIpc) is 3.12. The Balaban J connectivity index is 1.63. The van der Waals surface area contributed by atoms with Gasteiger partial charge in [-0.3, -0.25) is 9.69 Å². The van der Waals surface area contributed by atoms with Gasteiger partial charge in [-0.25, -0.2) is 4.68 Å². The number of nitrogens with zero attached hydrogens (tertiary/aromatic N) is 4. The van der Waals surface area contributed by atoms with Gasteiger partial charge in [-0.05, 0) is 55.8 Å². The summed E-state index contributed by atoms with van der Waals surface area (Å²) in [5.41, 5.74) is 5.45. The lowest BCUT2D eigenvalue weighted by molar-refractivity contribution is 0.0945. The molecule has 6 nitrogen and oxygen atoms in total. The minimum absolute atomic E-state index is 0.214. The Bertz CT molecular complexity index is 958. The van der Waals surface area contributed by atoms with Crippen molar-refractivity contribution < 1.29 is 4.79 Å². The Morgan fingerprint density at radius 1 is 1.03 bits per heavy atom. The lowest BCUT2D eigenvalue weighted by Gasteiger charge is -2.18. The summed E-state index contributed by atoms with van der Waals surface area (Å²) >= 11 is 0. The summed E-state index contributed by atoms with van der Waals surface area (Å²) in [5, 5.41) is 11.2. The van der Waals surface area contributed by atoms with E-state index in [0.29, 0.717) is 12.2 Å². The molecule has 0 saturated carbocycles. The van der Waals surface area contributed by atoms with Crippen LogP contribution in [0.1, 0.15) is 46.7 Å². The molecule has 152 valence electrons. The minimum Gasteiger partial charge on any atom is -0.347 e. The number of aryl methyl sites for hydroxylation is 1. The van der Waals surface area contributed by atoms with Crippen molar-refractivity contribution in [2.45, 2.75) is 40.8 Å². The number of aromatic nitrogens is 3. The van der Waals surface area contributed by atoms with E-state index in [-0.39, 0.29) is 5.91 Å². The van der Waals surface area contributed by atoms with Crippen LogP contribution in [-0.2, 0) is 13.1 Å². The number of hydrogen-bond donors (Lipinski definition) is 1. The quantitative estimate of drug-likeness (QED) is 0.637. The third-order valence-electron chi connectivity index (χ3n) is 5.13. The lowest BCUT2D eigenvalue weighted by Crippen LogP contribution is -2.24. The zero-order chi connectivity index (χ0) is 20.8. The molecule has 1 heterocycles. The van der Waals surface area contributed by atoms with E-state index in [0.717, 1.165) is 42.1 Å². The molecule has 1 amide bonds. The minimum atomic E-state index is -0.214. The average molecular weight is 392 g/mol. The highest BCUT2D eigenvalue weighted by atomic mass is 16.2. The fourth-order valence-electron chi connectivity index (χ4n) is 3.28. The molecule has 0 saturated heterocycles. The van der Waals surface area contributed by atoms with E-state index < -0.39 is 0 Å². The SMILES string of the molecule is CCN(CC)Cc1ccc(CNC(=O)c2nnn(-c3cccc(C)c3)c2C)cc1. The molecule has 0 unspecified atom stereocenters. The van der Waals surface area contributed by atoms with Crippen molar-refractivity contribution >= 4 is 5.91 Å². The molecule has 3 aromatic rings. The molecule has 3 rings (SSSR count). The second-order valence-electron chi connectivity index (χ2n) is 7.23. The number of carbonyl (C=O) groups excluding carboxylic acids is 1. The summed E-state index contributed by atoms with van der Waals surface area (Å²) in [7, 11) is 0. The van der Waals surface area contributed by atoms with E-state index in [4.69, 9.17) is 0 Å². The van der Waals surface area contributed by atoms with Crippen LogP contribution in [0.3, 0.4) is 0 Å². The number of benzene rings is 2. The van der Waals surface area contributed by atoms with Crippen LogP contribution in [0.25, 0.3) is 5.69 Å². The molecule has 0 fully saturated rings. The van der Waals surface area contributed by atoms with Gasteiger partial charge in [0.25, 0.3) is 5.91 Å². The molecule has 1 N–H and O–H groups in total. The van der Waals surface area contributed by atoms with Gasteiger partial charge in [0.2, 0.25) is 0 Å². The van der Waals surface area contributed by atoms with Crippen molar-refractivity contribution in [1.29, 1.82) is 0 Å². The number of nitrogens with one attached hydrogen (secondary N) is 1. The van der Waals surface area contributed by atoms with Gasteiger partial charge in [0.05, 0.1) is 11.4 Å². The summed E-state index contributed by atoms with van der Waals surface area (Å²) < 4.78 is 1.70. The van der Waals surface area contributed by atoms with Crippen LogP contribution in [0.15, 0.2) is 48.5 Å². The first-order valence-electron chi connectivity index (χ1n) is 10.1. The first-order valence-corrected chi connectivity index (χ1v) is 10.1. The largest absolute Gasteiger partial charge is 0.347 e. The molecule has 2 aromatic carbocycles. The van der Waals surface area contributed by atoms with Gasteiger partial charge in [-0.15, -0.1) is 5.10 Å². The number of amides is 1. The smallest absolute Gasteiger partial charge is 0.274 e. The first-order chi connectivity index (χ1) is 14.0. The molecule has 0 aliphatic rings. The van der Waals surface area contributed by atoms with Gasteiger partial charge < -0.3 is 5.32 Å². The fourth-order valence-corrected chi connectivity index (χ4v) is 3.28. The van der Waals surface area contributed by atoms with Gasteiger partial charge in [-0.1, -0.05) is 55.5 Å². The standard InChI is InChI=1S/C23H29N5O/c1-5-27(6-2)16-20-12-10-19(11-13-20)15-24-23(29)22-18(4)28(26-25-22)21-9-7-8-17(3)14-21/h7-14H,5-6,15-16H2,1-4H3,(H,24,29). The van der Waals surface area contributed by atoms with Gasteiger partial charge in [0.1, 0.15) is 0 Å². The maximum Gasteiger partial charge on any atom is 0.274 e. The van der Waals surface area contributed by atoms with Crippen LogP contribution >= 0.6 is 0 Å². The molecule has 6 heteroatoms. The maximum absolute atomic E-state index is 12.6. The summed E-state index contributed by atoms with van der Waals surface area (Å²) in [6.07, 6.45) is 0. The van der Waals surface area contributed by atoms with Crippen LogP contribution in [0.5, 0.6) is 0 Å². The van der Waals surface area contributed by atoms with Crippen molar-refractivity contribution in [3.63, 3.8) is 0 Å². The van der Waals surface area contributed by atoms with Crippen LogP contribution < -0.4 is 5.32 Å². The van der Waals surface area contributed by atoms with Crippen LogP contribution in [-0.4, -0.2) is 38.9 Å². The van der Waals surface area contributed by atoms with Crippen molar-refractivity contribution in [1.82, 2.24) is 25.2 Å². The molecule has 0 radical (unpaired) electrons. The Kier molecular flexibility index (Phi) is 6.77. The molecular formula is C23H29N5O. The highest BCUT2D eigenvalue weighted by molar-refractivity contribution is 5.93. The van der Waals surface area contributed by atoms with Crippen LogP contribution in [0.2, 0.25) is 0 Å². The third kappa shape index (κ3) is 5.09. The van der Waals surface area contributed by atoms with Crippen molar-refractivity contribution in [2.75, 3.05) is 13.1 Å². The topological polar surface area (TPSA) is 63.1 Å². The third-order valence-corrected chi connectivity index (χ3v) is 5.13. The lowest BCUT2D eigenvalue weighted by atomic mass is 10.1. The first kappa shape index (κ1) is 20.7. The fraction of sp³-hybridized carbons (Fsp3) is 0.348. The molecule has 0 spiro atoms. The van der Waals surface area contributed by atoms with E-state index in [1.807, 2.05) is 38.1 Å². The predicted octanol–water partition coefficient (Wildman–Crippen LogP) is 3.66. The highest BCUT2D eigenvalue weighted by Gasteiger charge is 2.17. The van der Waals surface area contributed by atoms with E-state index in [1.165, 1.54) is 5.56 Å². The molecule has 0 bridgehead atoms. The summed E-state index contributed by atoms with van der Waals surface area (Å²) in [4.78, 5) is 15.0. The second-order valence-corrected chi connectivity index (χ2v) is 7.23. The molecule has 0 aliphatic heterocycles. The second kappa shape index (κ2) is 9.47. The molecule has 0 atom stereocenters. The van der Waals surface area contributed by atoms with Crippen LogP contribution in [0, 0.1) is 13.8 Å². The van der Waals surface area contributed by atoms with Gasteiger partial charge in [-0.2, -0.15) is 0 Å². The summed E-state index contributed by atoms with van der Waals surface area (Å²) in [5.74, 6) is -0.214. The van der Waals surface area contributed by atoms with E-state index in [1.54, 1.807) is 4.68 Å². The van der Waals surface area contributed by atoms with Crippen molar-refractivity contribution in [3.05, 3.63) is 76.6 Å². The molecular weight excluding hydrogens is 362 g/mol. The zero-order valence-electron chi connectivity index (χ0n) is 17.6. The van der Waals surface area contributed by atoms with Crippen molar-refractivity contribution in [2.24, 2.45) is 0 Å². The van der Waals surface area contributed by atoms with E-state index in [2.05, 4.69) is 58.6 Å². The number of rotatable bonds is 8.